The van der Waals surface area contributed by atoms with Crippen molar-refractivity contribution in [2.75, 3.05) is 0 Å². The fraction of sp³-hybridized carbons (Fsp3) is 0.120. The molecule has 0 heterocycles. The highest BCUT2D eigenvalue weighted by atomic mass is 79.9. The molecule has 5 heteroatoms. The van der Waals surface area contributed by atoms with E-state index in [0.29, 0.717) is 17.9 Å². The Morgan fingerprint density at radius 1 is 1.10 bits per heavy atom. The molecule has 0 radical (unpaired) electrons. The van der Waals surface area contributed by atoms with Crippen LogP contribution in [0.25, 0.3) is 6.08 Å². The van der Waals surface area contributed by atoms with Crippen LogP contribution in [0.4, 0.5) is 0 Å². The van der Waals surface area contributed by atoms with Crippen molar-refractivity contribution in [3.8, 4) is 11.8 Å². The Hall–Kier alpha value is -3.36. The second kappa shape index (κ2) is 10.4. The Kier molecular flexibility index (Phi) is 7.42. The molecule has 0 saturated heterocycles. The van der Waals surface area contributed by atoms with E-state index in [-0.39, 0.29) is 11.6 Å². The number of benzene rings is 3. The molecule has 3 aromatic carbocycles. The zero-order valence-corrected chi connectivity index (χ0v) is 18.1. The van der Waals surface area contributed by atoms with E-state index in [9.17, 15) is 10.1 Å². The minimum Gasteiger partial charge on any atom is -0.488 e. The van der Waals surface area contributed by atoms with Gasteiger partial charge in [0, 0.05) is 10.0 Å². The fourth-order valence-corrected chi connectivity index (χ4v) is 3.28. The number of hydrogen-bond acceptors (Lipinski definition) is 3. The molecule has 0 fully saturated rings. The monoisotopic (exact) mass is 460 g/mol. The number of carbonyl (C=O) groups is 1. The van der Waals surface area contributed by atoms with E-state index in [0.717, 1.165) is 15.6 Å². The molecule has 0 saturated carbocycles. The molecule has 0 bridgehead atoms. The highest BCUT2D eigenvalue weighted by Gasteiger charge is 2.15. The average molecular weight is 461 g/mol. The highest BCUT2D eigenvalue weighted by molar-refractivity contribution is 9.10. The van der Waals surface area contributed by atoms with Crippen LogP contribution in [0, 0.1) is 11.3 Å². The van der Waals surface area contributed by atoms with Crippen LogP contribution in [-0.2, 0) is 11.4 Å². The summed E-state index contributed by atoms with van der Waals surface area (Å²) in [6.07, 6.45) is 1.55. The van der Waals surface area contributed by atoms with E-state index in [4.69, 9.17) is 4.74 Å². The predicted molar refractivity (Wildman–Crippen MR) is 122 cm³/mol. The Morgan fingerprint density at radius 2 is 1.77 bits per heavy atom. The zero-order valence-electron chi connectivity index (χ0n) is 16.5. The van der Waals surface area contributed by atoms with Crippen LogP contribution >= 0.6 is 15.9 Å². The molecular formula is C25H21BrN2O2. The first-order valence-electron chi connectivity index (χ1n) is 9.50. The van der Waals surface area contributed by atoms with Gasteiger partial charge in [-0.1, -0.05) is 76.6 Å². The average Bonchev–Trinajstić information content (AvgIpc) is 2.78. The van der Waals surface area contributed by atoms with Crippen molar-refractivity contribution in [3.63, 3.8) is 0 Å². The van der Waals surface area contributed by atoms with E-state index in [1.165, 1.54) is 0 Å². The number of nitriles is 1. The van der Waals surface area contributed by atoms with Crippen LogP contribution in [0.1, 0.15) is 29.7 Å². The second-order valence-electron chi connectivity index (χ2n) is 6.73. The van der Waals surface area contributed by atoms with Crippen LogP contribution in [-0.4, -0.2) is 5.91 Å². The summed E-state index contributed by atoms with van der Waals surface area (Å²) in [5, 5.41) is 12.5. The Balaban J connectivity index is 1.79. The summed E-state index contributed by atoms with van der Waals surface area (Å²) in [6.45, 7) is 2.28. The van der Waals surface area contributed by atoms with Crippen molar-refractivity contribution < 1.29 is 9.53 Å². The van der Waals surface area contributed by atoms with E-state index in [1.54, 1.807) is 6.08 Å². The van der Waals surface area contributed by atoms with Crippen molar-refractivity contribution in [3.05, 3.63) is 106 Å². The van der Waals surface area contributed by atoms with Crippen molar-refractivity contribution in [2.45, 2.75) is 19.6 Å². The van der Waals surface area contributed by atoms with E-state index >= 15 is 0 Å². The molecule has 0 unspecified atom stereocenters. The number of nitrogens with one attached hydrogen (secondary N) is 1. The predicted octanol–water partition coefficient (Wildman–Crippen LogP) is 5.81. The first-order valence-corrected chi connectivity index (χ1v) is 10.3. The molecule has 150 valence electrons. The number of carbonyl (C=O) groups excluding carboxylic acids is 1. The summed E-state index contributed by atoms with van der Waals surface area (Å²) in [4.78, 5) is 12.7. The molecule has 0 aliphatic rings. The van der Waals surface area contributed by atoms with Crippen LogP contribution in [0.15, 0.2) is 88.9 Å². The lowest BCUT2D eigenvalue weighted by Gasteiger charge is -2.14. The van der Waals surface area contributed by atoms with Gasteiger partial charge < -0.3 is 10.1 Å². The lowest BCUT2D eigenvalue weighted by atomic mass is 10.1. The van der Waals surface area contributed by atoms with E-state index in [1.807, 2.05) is 91.9 Å². The maximum atomic E-state index is 12.7. The zero-order chi connectivity index (χ0) is 21.3. The van der Waals surface area contributed by atoms with Crippen LogP contribution in [0.5, 0.6) is 5.75 Å². The van der Waals surface area contributed by atoms with Crippen molar-refractivity contribution in [1.29, 1.82) is 5.26 Å². The van der Waals surface area contributed by atoms with Gasteiger partial charge in [-0.3, -0.25) is 4.79 Å². The normalized spacial score (nSPS) is 12.0. The van der Waals surface area contributed by atoms with Crippen LogP contribution in [0.3, 0.4) is 0 Å². The molecule has 4 nitrogen and oxygen atoms in total. The molecular weight excluding hydrogens is 440 g/mol. The van der Waals surface area contributed by atoms with E-state index in [2.05, 4.69) is 21.2 Å². The maximum absolute atomic E-state index is 12.7. The number of rotatable bonds is 7. The van der Waals surface area contributed by atoms with Gasteiger partial charge in [0.15, 0.2) is 0 Å². The third-order valence-electron chi connectivity index (χ3n) is 4.52. The largest absolute Gasteiger partial charge is 0.488 e. The summed E-state index contributed by atoms with van der Waals surface area (Å²) in [6, 6.07) is 26.7. The smallest absolute Gasteiger partial charge is 0.262 e. The van der Waals surface area contributed by atoms with Gasteiger partial charge in [0.05, 0.1) is 6.04 Å². The van der Waals surface area contributed by atoms with Gasteiger partial charge in [-0.2, -0.15) is 5.26 Å². The van der Waals surface area contributed by atoms with Crippen molar-refractivity contribution in [1.82, 2.24) is 5.32 Å². The van der Waals surface area contributed by atoms with Gasteiger partial charge in [0.25, 0.3) is 5.91 Å². The lowest BCUT2D eigenvalue weighted by Crippen LogP contribution is -2.27. The molecule has 0 aliphatic carbocycles. The van der Waals surface area contributed by atoms with Gasteiger partial charge in [-0.25, -0.2) is 0 Å². The number of nitrogens with zero attached hydrogens (tertiary/aromatic N) is 1. The third kappa shape index (κ3) is 5.82. The minimum absolute atomic E-state index is 0.0143. The quantitative estimate of drug-likeness (QED) is 0.357. The molecule has 0 aliphatic heterocycles. The highest BCUT2D eigenvalue weighted by Crippen LogP contribution is 2.26. The van der Waals surface area contributed by atoms with Gasteiger partial charge in [-0.15, -0.1) is 0 Å². The SMILES string of the molecule is C[C@@H](NC(=O)/C(C#N)=C\c1cc(Br)ccc1OCc1ccccc1)c1ccccc1. The number of hydrogen-bond donors (Lipinski definition) is 1. The fourth-order valence-electron chi connectivity index (χ4n) is 2.90. The molecule has 1 atom stereocenters. The summed E-state index contributed by atoms with van der Waals surface area (Å²) in [5.41, 5.74) is 2.67. The Morgan fingerprint density at radius 3 is 2.43 bits per heavy atom. The van der Waals surface area contributed by atoms with Crippen LogP contribution in [0.2, 0.25) is 0 Å². The molecule has 3 aromatic rings. The second-order valence-corrected chi connectivity index (χ2v) is 7.65. The summed E-state index contributed by atoms with van der Waals surface area (Å²) in [7, 11) is 0. The molecule has 0 spiro atoms. The van der Waals surface area contributed by atoms with Crippen molar-refractivity contribution in [2.24, 2.45) is 0 Å². The van der Waals surface area contributed by atoms with Gasteiger partial charge in [-0.05, 0) is 42.3 Å². The first kappa shape index (κ1) is 21.4. The molecule has 30 heavy (non-hydrogen) atoms. The number of halogens is 1. The Bertz CT molecular complexity index is 1070. The van der Waals surface area contributed by atoms with E-state index < -0.39 is 5.91 Å². The van der Waals surface area contributed by atoms with Crippen molar-refractivity contribution >= 4 is 27.9 Å². The Labute approximate surface area is 184 Å². The summed E-state index contributed by atoms with van der Waals surface area (Å²) < 4.78 is 6.78. The third-order valence-corrected chi connectivity index (χ3v) is 5.01. The first-order chi connectivity index (χ1) is 14.6. The summed E-state index contributed by atoms with van der Waals surface area (Å²) in [5.74, 6) is 0.168. The number of ether oxygens (including phenoxy) is 1. The van der Waals surface area contributed by atoms with Gasteiger partial charge in [0.2, 0.25) is 0 Å². The molecule has 1 amide bonds. The minimum atomic E-state index is -0.428. The lowest BCUT2D eigenvalue weighted by molar-refractivity contribution is -0.117. The maximum Gasteiger partial charge on any atom is 0.262 e. The van der Waals surface area contributed by atoms with Gasteiger partial charge >= 0.3 is 0 Å². The molecule has 3 rings (SSSR count). The van der Waals surface area contributed by atoms with Gasteiger partial charge in [0.1, 0.15) is 24.0 Å². The standard InChI is InChI=1S/C25H21BrN2O2/c1-18(20-10-6-3-7-11-20)28-25(29)22(16-27)14-21-15-23(26)12-13-24(21)30-17-19-8-4-2-5-9-19/h2-15,18H,17H2,1H3,(H,28,29)/b22-14-/t18-/m1/s1. The topological polar surface area (TPSA) is 62.1 Å². The van der Waals surface area contributed by atoms with Crippen LogP contribution < -0.4 is 10.1 Å². The molecule has 1 N–H and O–H groups in total. The number of amides is 1. The summed E-state index contributed by atoms with van der Waals surface area (Å²) >= 11 is 3.44. The molecule has 0 aromatic heterocycles.